The summed E-state index contributed by atoms with van der Waals surface area (Å²) in [6.45, 7) is 6.62. The number of halogens is 2. The Balaban J connectivity index is 2.10. The maximum Gasteiger partial charge on any atom is 0.265 e. The van der Waals surface area contributed by atoms with Gasteiger partial charge in [0.2, 0.25) is 0 Å². The molecule has 122 valence electrons. The summed E-state index contributed by atoms with van der Waals surface area (Å²) in [6, 6.07) is 4.78. The Bertz CT molecular complexity index is 763. The molecule has 23 heavy (non-hydrogen) atoms. The van der Waals surface area contributed by atoms with Crippen molar-refractivity contribution in [2.75, 3.05) is 13.6 Å². The molecule has 0 saturated heterocycles. The van der Waals surface area contributed by atoms with Gasteiger partial charge in [-0.3, -0.25) is 4.90 Å². The molecule has 0 bridgehead atoms. The van der Waals surface area contributed by atoms with Gasteiger partial charge in [-0.2, -0.15) is 5.10 Å². The maximum atomic E-state index is 13.2. The van der Waals surface area contributed by atoms with Crippen LogP contribution in [0.4, 0.5) is 8.78 Å². The number of alkyl halides is 2. The van der Waals surface area contributed by atoms with Crippen LogP contribution in [0.3, 0.4) is 0 Å². The summed E-state index contributed by atoms with van der Waals surface area (Å²) in [7, 11) is 2.02. The first-order valence-electron chi connectivity index (χ1n) is 7.56. The van der Waals surface area contributed by atoms with Gasteiger partial charge in [0, 0.05) is 30.4 Å². The van der Waals surface area contributed by atoms with Crippen molar-refractivity contribution >= 4 is 5.52 Å². The topological polar surface area (TPSA) is 32.6 Å². The van der Waals surface area contributed by atoms with E-state index in [1.54, 1.807) is 24.5 Å². The predicted octanol–water partition coefficient (Wildman–Crippen LogP) is 3.66. The SMILES string of the molecule is C=CNC1=C(C)C(c2cc3c(C(F)F)cccn3n2)N(C)CC1. The van der Waals surface area contributed by atoms with Crippen LogP contribution in [0, 0.1) is 0 Å². The van der Waals surface area contributed by atoms with Gasteiger partial charge in [0.15, 0.2) is 0 Å². The molecular weight excluding hydrogens is 298 g/mol. The van der Waals surface area contributed by atoms with Gasteiger partial charge in [-0.1, -0.05) is 6.58 Å². The van der Waals surface area contributed by atoms with E-state index in [1.807, 2.05) is 14.0 Å². The second-order valence-electron chi connectivity index (χ2n) is 5.81. The molecule has 1 aliphatic heterocycles. The molecule has 2 aromatic heterocycles. The van der Waals surface area contributed by atoms with Crippen molar-refractivity contribution in [1.82, 2.24) is 19.8 Å². The standard InChI is InChI=1S/C17H20F2N4/c1-4-20-13-7-9-22(3)16(11(13)2)14-10-15-12(17(18)19)6-5-8-23(15)21-14/h4-6,8,10,16-17,20H,1,7,9H2,2-3H3. The molecular formula is C17H20F2N4. The fourth-order valence-corrected chi connectivity index (χ4v) is 3.24. The molecule has 4 nitrogen and oxygen atoms in total. The highest BCUT2D eigenvalue weighted by Crippen LogP contribution is 2.34. The molecule has 2 aromatic rings. The lowest BCUT2D eigenvalue weighted by Gasteiger charge is -2.34. The van der Waals surface area contributed by atoms with Crippen LogP contribution in [0.1, 0.15) is 37.1 Å². The summed E-state index contributed by atoms with van der Waals surface area (Å²) >= 11 is 0. The number of fused-ring (bicyclic) bond motifs is 1. The van der Waals surface area contributed by atoms with Gasteiger partial charge in [0.25, 0.3) is 6.43 Å². The number of hydrogen-bond donors (Lipinski definition) is 1. The average Bonchev–Trinajstić information content (AvgIpc) is 2.93. The first-order chi connectivity index (χ1) is 11.0. The molecule has 0 radical (unpaired) electrons. The minimum Gasteiger partial charge on any atom is -0.366 e. The summed E-state index contributed by atoms with van der Waals surface area (Å²) in [5.74, 6) is 0. The summed E-state index contributed by atoms with van der Waals surface area (Å²) in [4.78, 5) is 2.19. The average molecular weight is 318 g/mol. The lowest BCUT2D eigenvalue weighted by molar-refractivity contribution is 0.152. The zero-order valence-electron chi connectivity index (χ0n) is 13.3. The second-order valence-corrected chi connectivity index (χ2v) is 5.81. The Morgan fingerprint density at radius 1 is 1.48 bits per heavy atom. The normalized spacial score (nSPS) is 19.6. The van der Waals surface area contributed by atoms with Crippen LogP contribution in [-0.2, 0) is 0 Å². The van der Waals surface area contributed by atoms with Gasteiger partial charge >= 0.3 is 0 Å². The summed E-state index contributed by atoms with van der Waals surface area (Å²) in [5, 5.41) is 7.71. The highest BCUT2D eigenvalue weighted by molar-refractivity contribution is 5.56. The van der Waals surface area contributed by atoms with Crippen LogP contribution in [0.25, 0.3) is 5.52 Å². The van der Waals surface area contributed by atoms with Crippen LogP contribution < -0.4 is 5.32 Å². The van der Waals surface area contributed by atoms with Crippen molar-refractivity contribution in [3.8, 4) is 0 Å². The zero-order chi connectivity index (χ0) is 16.6. The van der Waals surface area contributed by atoms with Gasteiger partial charge < -0.3 is 5.32 Å². The quantitative estimate of drug-likeness (QED) is 0.934. The number of aromatic nitrogens is 2. The number of nitrogens with one attached hydrogen (secondary N) is 1. The third-order valence-corrected chi connectivity index (χ3v) is 4.39. The number of likely N-dealkylation sites (N-methyl/N-ethyl adjacent to an activating group) is 1. The van der Waals surface area contributed by atoms with E-state index >= 15 is 0 Å². The first kappa shape index (κ1) is 15.7. The Morgan fingerprint density at radius 2 is 2.26 bits per heavy atom. The molecule has 1 aliphatic rings. The molecule has 3 rings (SSSR count). The highest BCUT2D eigenvalue weighted by atomic mass is 19.3. The van der Waals surface area contributed by atoms with Gasteiger partial charge in [0.05, 0.1) is 17.3 Å². The van der Waals surface area contributed by atoms with Crippen LogP contribution in [0.2, 0.25) is 0 Å². The molecule has 0 fully saturated rings. The Morgan fingerprint density at radius 3 is 2.96 bits per heavy atom. The minimum atomic E-state index is -2.51. The van der Waals surface area contributed by atoms with Gasteiger partial charge in [-0.05, 0) is 43.9 Å². The molecule has 0 amide bonds. The summed E-state index contributed by atoms with van der Waals surface area (Å²) < 4.78 is 27.9. The van der Waals surface area contributed by atoms with Crippen LogP contribution in [0.15, 0.2) is 48.4 Å². The van der Waals surface area contributed by atoms with E-state index in [0.717, 1.165) is 29.9 Å². The fourth-order valence-electron chi connectivity index (χ4n) is 3.24. The lowest BCUT2D eigenvalue weighted by Crippen LogP contribution is -2.34. The van der Waals surface area contributed by atoms with E-state index in [9.17, 15) is 8.78 Å². The van der Waals surface area contributed by atoms with Crippen molar-refractivity contribution in [3.63, 3.8) is 0 Å². The molecule has 0 aromatic carbocycles. The molecule has 1 atom stereocenters. The number of pyridine rings is 1. The Labute approximate surface area is 134 Å². The van der Waals surface area contributed by atoms with Gasteiger partial charge in [0.1, 0.15) is 0 Å². The van der Waals surface area contributed by atoms with Crippen molar-refractivity contribution in [3.05, 3.63) is 59.7 Å². The third kappa shape index (κ3) is 2.74. The zero-order valence-corrected chi connectivity index (χ0v) is 13.3. The highest BCUT2D eigenvalue weighted by Gasteiger charge is 2.28. The van der Waals surface area contributed by atoms with Gasteiger partial charge in [-0.15, -0.1) is 0 Å². The minimum absolute atomic E-state index is 0.00999. The molecule has 0 spiro atoms. The fraction of sp³-hybridized carbons (Fsp3) is 0.353. The van der Waals surface area contributed by atoms with Gasteiger partial charge in [-0.25, -0.2) is 13.3 Å². The summed E-state index contributed by atoms with van der Waals surface area (Å²) in [5.41, 5.74) is 3.51. The van der Waals surface area contributed by atoms with E-state index in [0.29, 0.717) is 5.52 Å². The predicted molar refractivity (Wildman–Crippen MR) is 86.2 cm³/mol. The third-order valence-electron chi connectivity index (χ3n) is 4.39. The van der Waals surface area contributed by atoms with E-state index in [-0.39, 0.29) is 11.6 Å². The Hall–Kier alpha value is -2.21. The van der Waals surface area contributed by atoms with E-state index < -0.39 is 6.43 Å². The largest absolute Gasteiger partial charge is 0.366 e. The van der Waals surface area contributed by atoms with Crippen molar-refractivity contribution < 1.29 is 8.78 Å². The molecule has 3 heterocycles. The molecule has 0 saturated carbocycles. The van der Waals surface area contributed by atoms with E-state index in [4.69, 9.17) is 0 Å². The smallest absolute Gasteiger partial charge is 0.265 e. The van der Waals surface area contributed by atoms with Crippen LogP contribution >= 0.6 is 0 Å². The van der Waals surface area contributed by atoms with Crippen molar-refractivity contribution in [2.24, 2.45) is 0 Å². The maximum absolute atomic E-state index is 13.2. The molecule has 0 aliphatic carbocycles. The van der Waals surface area contributed by atoms with Crippen LogP contribution in [-0.4, -0.2) is 28.1 Å². The van der Waals surface area contributed by atoms with E-state index in [1.165, 1.54) is 10.6 Å². The van der Waals surface area contributed by atoms with Crippen molar-refractivity contribution in [1.29, 1.82) is 0 Å². The monoisotopic (exact) mass is 318 g/mol. The number of nitrogens with zero attached hydrogens (tertiary/aromatic N) is 3. The van der Waals surface area contributed by atoms with Crippen LogP contribution in [0.5, 0.6) is 0 Å². The Kier molecular flexibility index (Phi) is 4.17. The molecule has 6 heteroatoms. The molecule has 1 unspecified atom stereocenters. The number of rotatable bonds is 4. The summed E-state index contributed by atoms with van der Waals surface area (Å²) in [6.07, 6.45) is 1.76. The lowest BCUT2D eigenvalue weighted by atomic mass is 9.96. The number of hydrogen-bond acceptors (Lipinski definition) is 3. The first-order valence-corrected chi connectivity index (χ1v) is 7.56. The molecule has 1 N–H and O–H groups in total. The second kappa shape index (κ2) is 6.12. The van der Waals surface area contributed by atoms with E-state index in [2.05, 4.69) is 21.9 Å². The van der Waals surface area contributed by atoms with Crippen molar-refractivity contribution in [2.45, 2.75) is 25.8 Å².